The van der Waals surface area contributed by atoms with Crippen LogP contribution in [0.2, 0.25) is 0 Å². The van der Waals surface area contributed by atoms with Gasteiger partial charge in [0.05, 0.1) is 6.04 Å². The van der Waals surface area contributed by atoms with Crippen LogP contribution in [-0.4, -0.2) is 23.1 Å². The average Bonchev–Trinajstić information content (AvgIpc) is 1.96. The first-order valence-corrected chi connectivity index (χ1v) is 5.19. The quantitative estimate of drug-likeness (QED) is 0.617. The molecule has 0 aromatic heterocycles. The van der Waals surface area contributed by atoms with Crippen molar-refractivity contribution in [2.75, 3.05) is 5.33 Å². The highest BCUT2D eigenvalue weighted by Gasteiger charge is 2.17. The molecule has 1 amide bonds. The molecule has 0 bridgehead atoms. The maximum Gasteiger partial charge on any atom is 0.408 e. The Labute approximate surface area is 87.7 Å². The van der Waals surface area contributed by atoms with Crippen molar-refractivity contribution in [1.82, 2.24) is 5.32 Å². The fraction of sp³-hybridized carbons (Fsp3) is 0.667. The zero-order valence-electron chi connectivity index (χ0n) is 8.26. The Bertz CT molecular complexity index is 187. The zero-order chi connectivity index (χ0) is 10.5. The summed E-state index contributed by atoms with van der Waals surface area (Å²) in [6.07, 6.45) is 1.23. The van der Waals surface area contributed by atoms with E-state index in [2.05, 4.69) is 27.8 Å². The number of alkyl halides is 1. The molecule has 0 saturated carbocycles. The molecule has 0 aromatic carbocycles. The Morgan fingerprint density at radius 3 is 2.54 bits per heavy atom. The Balaban J connectivity index is 3.93. The second-order valence-electron chi connectivity index (χ2n) is 3.64. The molecule has 0 spiro atoms. The van der Waals surface area contributed by atoms with E-state index in [1.54, 1.807) is 6.08 Å². The van der Waals surface area contributed by atoms with Crippen molar-refractivity contribution in [2.45, 2.75) is 32.4 Å². The second-order valence-corrected chi connectivity index (χ2v) is 4.29. The van der Waals surface area contributed by atoms with Gasteiger partial charge in [-0.2, -0.15) is 0 Å². The highest BCUT2D eigenvalue weighted by atomic mass is 79.9. The van der Waals surface area contributed by atoms with Crippen molar-refractivity contribution in [3.8, 4) is 0 Å². The highest BCUT2D eigenvalue weighted by Crippen LogP contribution is 2.07. The number of halogens is 1. The molecule has 4 heteroatoms. The predicted molar refractivity (Wildman–Crippen MR) is 57.1 cm³/mol. The standard InChI is InChI=1S/C9H16BrNO2/c1-5-7(6-10)11-8(12)13-9(2,3)4/h5,7H,1,6H2,2-4H3,(H,11,12). The molecule has 1 atom stereocenters. The summed E-state index contributed by atoms with van der Waals surface area (Å²) in [4.78, 5) is 11.2. The maximum absolute atomic E-state index is 11.2. The third kappa shape index (κ3) is 6.63. The van der Waals surface area contributed by atoms with E-state index in [0.717, 1.165) is 0 Å². The van der Waals surface area contributed by atoms with Crippen molar-refractivity contribution in [2.24, 2.45) is 0 Å². The van der Waals surface area contributed by atoms with Gasteiger partial charge in [-0.05, 0) is 20.8 Å². The van der Waals surface area contributed by atoms with E-state index in [9.17, 15) is 4.79 Å². The Hall–Kier alpha value is -0.510. The molecule has 0 heterocycles. The minimum absolute atomic E-state index is 0.0881. The molecule has 0 aromatic rings. The summed E-state index contributed by atoms with van der Waals surface area (Å²) in [5, 5.41) is 3.28. The molecule has 0 rings (SSSR count). The van der Waals surface area contributed by atoms with E-state index >= 15 is 0 Å². The van der Waals surface area contributed by atoms with Crippen LogP contribution < -0.4 is 5.32 Å². The number of hydrogen-bond donors (Lipinski definition) is 1. The van der Waals surface area contributed by atoms with Crippen molar-refractivity contribution >= 4 is 22.0 Å². The molecule has 76 valence electrons. The Morgan fingerprint density at radius 1 is 1.69 bits per heavy atom. The van der Waals surface area contributed by atoms with Crippen LogP contribution in [0, 0.1) is 0 Å². The molecule has 0 aliphatic heterocycles. The van der Waals surface area contributed by atoms with Gasteiger partial charge in [-0.15, -0.1) is 6.58 Å². The fourth-order valence-electron chi connectivity index (χ4n) is 0.619. The van der Waals surface area contributed by atoms with Crippen LogP contribution in [0.1, 0.15) is 20.8 Å². The first-order valence-electron chi connectivity index (χ1n) is 4.07. The molecule has 0 aliphatic rings. The van der Waals surface area contributed by atoms with Gasteiger partial charge in [0.25, 0.3) is 0 Å². The predicted octanol–water partition coefficient (Wildman–Crippen LogP) is 2.46. The number of carbonyl (C=O) groups excluding carboxylic acids is 1. The minimum atomic E-state index is -0.456. The summed E-state index contributed by atoms with van der Waals surface area (Å²) in [7, 11) is 0. The summed E-state index contributed by atoms with van der Waals surface area (Å²) in [6, 6.07) is -0.0881. The first kappa shape index (κ1) is 12.5. The van der Waals surface area contributed by atoms with Gasteiger partial charge < -0.3 is 10.1 Å². The lowest BCUT2D eigenvalue weighted by Crippen LogP contribution is -2.38. The number of ether oxygens (including phenoxy) is 1. The summed E-state index contributed by atoms with van der Waals surface area (Å²) in [6.45, 7) is 9.05. The lowest BCUT2D eigenvalue weighted by atomic mass is 10.2. The molecule has 3 nitrogen and oxygen atoms in total. The Kier molecular flexibility index (Phi) is 5.06. The topological polar surface area (TPSA) is 38.3 Å². The van der Waals surface area contributed by atoms with Crippen LogP contribution in [0.5, 0.6) is 0 Å². The van der Waals surface area contributed by atoms with Crippen molar-refractivity contribution in [3.63, 3.8) is 0 Å². The zero-order valence-corrected chi connectivity index (χ0v) is 9.85. The first-order chi connectivity index (χ1) is 5.89. The van der Waals surface area contributed by atoms with E-state index < -0.39 is 11.7 Å². The number of alkyl carbamates (subject to hydrolysis) is 1. The minimum Gasteiger partial charge on any atom is -0.444 e. The van der Waals surface area contributed by atoms with Crippen LogP contribution in [-0.2, 0) is 4.74 Å². The van der Waals surface area contributed by atoms with Gasteiger partial charge in [0, 0.05) is 5.33 Å². The van der Waals surface area contributed by atoms with E-state index in [-0.39, 0.29) is 6.04 Å². The van der Waals surface area contributed by atoms with Gasteiger partial charge in [0.1, 0.15) is 5.60 Å². The molecule has 0 fully saturated rings. The van der Waals surface area contributed by atoms with Crippen LogP contribution in [0.15, 0.2) is 12.7 Å². The van der Waals surface area contributed by atoms with Crippen LogP contribution in [0.25, 0.3) is 0 Å². The summed E-state index contributed by atoms with van der Waals surface area (Å²) < 4.78 is 5.05. The maximum atomic E-state index is 11.2. The molecule has 0 radical (unpaired) electrons. The summed E-state index contributed by atoms with van der Waals surface area (Å²) >= 11 is 3.24. The SMILES string of the molecule is C=CC(CBr)NC(=O)OC(C)(C)C. The van der Waals surface area contributed by atoms with Gasteiger partial charge in [0.15, 0.2) is 0 Å². The van der Waals surface area contributed by atoms with Gasteiger partial charge in [-0.3, -0.25) is 0 Å². The number of nitrogens with one attached hydrogen (secondary N) is 1. The summed E-state index contributed by atoms with van der Waals surface area (Å²) in [5.74, 6) is 0. The van der Waals surface area contributed by atoms with Gasteiger partial charge in [-0.1, -0.05) is 22.0 Å². The fourth-order valence-corrected chi connectivity index (χ4v) is 1.05. The largest absolute Gasteiger partial charge is 0.444 e. The van der Waals surface area contributed by atoms with E-state index in [0.29, 0.717) is 5.33 Å². The number of hydrogen-bond acceptors (Lipinski definition) is 2. The molecule has 1 N–H and O–H groups in total. The lowest BCUT2D eigenvalue weighted by molar-refractivity contribution is 0.0519. The normalized spacial score (nSPS) is 13.2. The van der Waals surface area contributed by atoms with E-state index in [4.69, 9.17) is 4.74 Å². The van der Waals surface area contributed by atoms with Gasteiger partial charge >= 0.3 is 6.09 Å². The van der Waals surface area contributed by atoms with Gasteiger partial charge in [-0.25, -0.2) is 4.79 Å². The second kappa shape index (κ2) is 5.27. The Morgan fingerprint density at radius 2 is 2.23 bits per heavy atom. The monoisotopic (exact) mass is 249 g/mol. The third-order valence-electron chi connectivity index (χ3n) is 1.15. The van der Waals surface area contributed by atoms with Crippen LogP contribution in [0.3, 0.4) is 0 Å². The molecule has 0 aliphatic carbocycles. The third-order valence-corrected chi connectivity index (χ3v) is 1.85. The lowest BCUT2D eigenvalue weighted by Gasteiger charge is -2.21. The van der Waals surface area contributed by atoms with Crippen molar-refractivity contribution < 1.29 is 9.53 Å². The highest BCUT2D eigenvalue weighted by molar-refractivity contribution is 9.09. The number of rotatable bonds is 3. The van der Waals surface area contributed by atoms with Crippen molar-refractivity contribution in [1.29, 1.82) is 0 Å². The van der Waals surface area contributed by atoms with E-state index in [1.165, 1.54) is 0 Å². The molecular weight excluding hydrogens is 234 g/mol. The molecule has 13 heavy (non-hydrogen) atoms. The number of amides is 1. The van der Waals surface area contributed by atoms with Crippen LogP contribution in [0.4, 0.5) is 4.79 Å². The molecule has 1 unspecified atom stereocenters. The average molecular weight is 250 g/mol. The molecular formula is C9H16BrNO2. The smallest absolute Gasteiger partial charge is 0.408 e. The summed E-state index contributed by atoms with van der Waals surface area (Å²) in [5.41, 5.74) is -0.456. The number of carbonyl (C=O) groups is 1. The van der Waals surface area contributed by atoms with Crippen LogP contribution >= 0.6 is 15.9 Å². The van der Waals surface area contributed by atoms with E-state index in [1.807, 2.05) is 20.8 Å². The van der Waals surface area contributed by atoms with Gasteiger partial charge in [0.2, 0.25) is 0 Å². The van der Waals surface area contributed by atoms with Crippen molar-refractivity contribution in [3.05, 3.63) is 12.7 Å². The molecule has 0 saturated heterocycles.